The molecule has 5 rings (SSSR count). The maximum absolute atomic E-state index is 12.4. The average molecular weight is 413 g/mol. The molecule has 150 valence electrons. The SMILES string of the molecule is O=C(CSc1nnc2[nH]c(=O)c3c(n12)CCCC3)Nc1ccc2c(c1)OCCO2. The molecule has 0 saturated heterocycles. The molecule has 0 saturated carbocycles. The summed E-state index contributed by atoms with van der Waals surface area (Å²) in [5.74, 6) is 1.73. The summed E-state index contributed by atoms with van der Waals surface area (Å²) >= 11 is 1.29. The van der Waals surface area contributed by atoms with E-state index in [1.807, 2.05) is 4.40 Å². The summed E-state index contributed by atoms with van der Waals surface area (Å²) in [6.45, 7) is 1.02. The number of hydrogen-bond acceptors (Lipinski definition) is 7. The van der Waals surface area contributed by atoms with Gasteiger partial charge in [0.05, 0.1) is 5.75 Å². The molecule has 1 aliphatic heterocycles. The first-order valence-corrected chi connectivity index (χ1v) is 10.5. The van der Waals surface area contributed by atoms with Gasteiger partial charge in [-0.3, -0.25) is 19.0 Å². The monoisotopic (exact) mass is 413 g/mol. The fourth-order valence-electron chi connectivity index (χ4n) is 3.69. The predicted octanol–water partition coefficient (Wildman–Crippen LogP) is 1.80. The molecule has 2 aliphatic rings. The number of fused-ring (bicyclic) bond motifs is 4. The molecule has 10 heteroatoms. The van der Waals surface area contributed by atoms with Gasteiger partial charge in [0.25, 0.3) is 5.56 Å². The molecule has 0 fully saturated rings. The molecule has 9 nitrogen and oxygen atoms in total. The van der Waals surface area contributed by atoms with Crippen LogP contribution in [0.4, 0.5) is 5.69 Å². The lowest BCUT2D eigenvalue weighted by Gasteiger charge is -2.19. The number of benzene rings is 1. The van der Waals surface area contributed by atoms with Crippen LogP contribution in [0, 0.1) is 0 Å². The Morgan fingerprint density at radius 1 is 1.17 bits per heavy atom. The lowest BCUT2D eigenvalue weighted by molar-refractivity contribution is -0.113. The minimum absolute atomic E-state index is 0.0903. The number of aromatic nitrogens is 4. The molecule has 29 heavy (non-hydrogen) atoms. The minimum Gasteiger partial charge on any atom is -0.486 e. The van der Waals surface area contributed by atoms with Crippen molar-refractivity contribution >= 4 is 29.1 Å². The van der Waals surface area contributed by atoms with Crippen molar-refractivity contribution in [1.29, 1.82) is 0 Å². The Labute approximate surface area is 169 Å². The number of H-pyrrole nitrogens is 1. The van der Waals surface area contributed by atoms with E-state index in [9.17, 15) is 9.59 Å². The summed E-state index contributed by atoms with van der Waals surface area (Å²) in [4.78, 5) is 27.5. The summed E-state index contributed by atoms with van der Waals surface area (Å²) in [5.41, 5.74) is 2.31. The second kappa shape index (κ2) is 7.43. The predicted molar refractivity (Wildman–Crippen MR) is 107 cm³/mol. The van der Waals surface area contributed by atoms with Crippen LogP contribution in [-0.4, -0.2) is 44.5 Å². The van der Waals surface area contributed by atoms with E-state index in [-0.39, 0.29) is 17.2 Å². The molecule has 2 aromatic heterocycles. The summed E-state index contributed by atoms with van der Waals surface area (Å²) in [5, 5.41) is 11.7. The minimum atomic E-state index is -0.165. The van der Waals surface area contributed by atoms with Crippen LogP contribution >= 0.6 is 11.8 Å². The summed E-state index contributed by atoms with van der Waals surface area (Å²) in [6, 6.07) is 5.32. The maximum Gasteiger partial charge on any atom is 0.255 e. The molecule has 1 aliphatic carbocycles. The summed E-state index contributed by atoms with van der Waals surface area (Å²) in [6.07, 6.45) is 3.60. The smallest absolute Gasteiger partial charge is 0.255 e. The number of amides is 1. The molecule has 3 aromatic rings. The standard InChI is InChI=1S/C19H19N5O4S/c25-16(20-11-5-6-14-15(9-11)28-8-7-27-14)10-29-19-23-22-18-21-17(26)12-3-1-2-4-13(12)24(18)19/h5-6,9H,1-4,7-8,10H2,(H,20,25)(H,21,22,26). The zero-order valence-corrected chi connectivity index (χ0v) is 16.4. The molecule has 2 N–H and O–H groups in total. The lowest BCUT2D eigenvalue weighted by atomic mass is 9.97. The molecular weight excluding hydrogens is 394 g/mol. The first-order valence-electron chi connectivity index (χ1n) is 9.50. The number of aromatic amines is 1. The van der Waals surface area contributed by atoms with Gasteiger partial charge in [0, 0.05) is 23.0 Å². The van der Waals surface area contributed by atoms with E-state index < -0.39 is 0 Å². The van der Waals surface area contributed by atoms with Crippen LogP contribution < -0.4 is 20.3 Å². The molecular formula is C19H19N5O4S. The highest BCUT2D eigenvalue weighted by molar-refractivity contribution is 7.99. The first-order chi connectivity index (χ1) is 14.2. The molecule has 0 spiro atoms. The van der Waals surface area contributed by atoms with Gasteiger partial charge in [0.1, 0.15) is 13.2 Å². The highest BCUT2D eigenvalue weighted by Crippen LogP contribution is 2.32. The number of carbonyl (C=O) groups excluding carboxylic acids is 1. The fraction of sp³-hybridized carbons (Fsp3) is 0.368. The highest BCUT2D eigenvalue weighted by Gasteiger charge is 2.21. The van der Waals surface area contributed by atoms with Gasteiger partial charge in [-0.05, 0) is 37.8 Å². The van der Waals surface area contributed by atoms with Crippen LogP contribution in [0.15, 0.2) is 28.2 Å². The van der Waals surface area contributed by atoms with E-state index >= 15 is 0 Å². The Hall–Kier alpha value is -3.01. The summed E-state index contributed by atoms with van der Waals surface area (Å²) < 4.78 is 12.9. The van der Waals surface area contributed by atoms with Gasteiger partial charge in [-0.1, -0.05) is 11.8 Å². The van der Waals surface area contributed by atoms with Crippen molar-refractivity contribution < 1.29 is 14.3 Å². The van der Waals surface area contributed by atoms with Gasteiger partial charge < -0.3 is 14.8 Å². The van der Waals surface area contributed by atoms with Gasteiger partial charge in [-0.25, -0.2) is 0 Å². The van der Waals surface area contributed by atoms with Gasteiger partial charge in [0.15, 0.2) is 16.7 Å². The van der Waals surface area contributed by atoms with Crippen molar-refractivity contribution in [3.05, 3.63) is 39.8 Å². The first kappa shape index (κ1) is 18.0. The van der Waals surface area contributed by atoms with Crippen molar-refractivity contribution in [1.82, 2.24) is 19.6 Å². The molecule has 3 heterocycles. The van der Waals surface area contributed by atoms with Crippen molar-refractivity contribution in [2.45, 2.75) is 30.8 Å². The van der Waals surface area contributed by atoms with Crippen LogP contribution in [0.3, 0.4) is 0 Å². The van der Waals surface area contributed by atoms with Gasteiger partial charge in [-0.15, -0.1) is 10.2 Å². The van der Waals surface area contributed by atoms with Crippen LogP contribution in [0.25, 0.3) is 5.78 Å². The van der Waals surface area contributed by atoms with Gasteiger partial charge >= 0.3 is 0 Å². The normalized spacial score (nSPS) is 15.2. The number of carbonyl (C=O) groups is 1. The van der Waals surface area contributed by atoms with Crippen LogP contribution in [0.2, 0.25) is 0 Å². The van der Waals surface area contributed by atoms with E-state index in [4.69, 9.17) is 9.47 Å². The third kappa shape index (κ3) is 3.44. The number of ether oxygens (including phenoxy) is 2. The number of anilines is 1. The Bertz CT molecular complexity index is 1160. The topological polar surface area (TPSA) is 111 Å². The molecule has 1 aromatic carbocycles. The second-order valence-corrected chi connectivity index (χ2v) is 7.87. The van der Waals surface area contributed by atoms with Crippen LogP contribution in [0.5, 0.6) is 11.5 Å². The van der Waals surface area contributed by atoms with Gasteiger partial charge in [0.2, 0.25) is 11.7 Å². The maximum atomic E-state index is 12.4. The number of rotatable bonds is 4. The Morgan fingerprint density at radius 2 is 2.00 bits per heavy atom. The van der Waals surface area contributed by atoms with Crippen molar-refractivity contribution in [3.8, 4) is 11.5 Å². The number of hydrogen-bond donors (Lipinski definition) is 2. The van der Waals surface area contributed by atoms with E-state index in [0.717, 1.165) is 36.9 Å². The molecule has 0 bridgehead atoms. The fourth-order valence-corrected chi connectivity index (χ4v) is 4.45. The number of aryl methyl sites for hydroxylation is 1. The molecule has 0 atom stereocenters. The highest BCUT2D eigenvalue weighted by atomic mass is 32.2. The molecule has 0 unspecified atom stereocenters. The third-order valence-corrected chi connectivity index (χ3v) is 5.93. The number of nitrogens with one attached hydrogen (secondary N) is 2. The van der Waals surface area contributed by atoms with E-state index in [1.165, 1.54) is 11.8 Å². The van der Waals surface area contributed by atoms with Crippen LogP contribution in [-0.2, 0) is 17.6 Å². The van der Waals surface area contributed by atoms with Crippen molar-refractivity contribution in [2.24, 2.45) is 0 Å². The largest absolute Gasteiger partial charge is 0.486 e. The van der Waals surface area contributed by atoms with Gasteiger partial charge in [-0.2, -0.15) is 0 Å². The Kier molecular flexibility index (Phi) is 4.62. The zero-order valence-electron chi connectivity index (χ0n) is 15.6. The second-order valence-electron chi connectivity index (χ2n) is 6.92. The van der Waals surface area contributed by atoms with E-state index in [1.54, 1.807) is 18.2 Å². The molecule has 1 amide bonds. The summed E-state index contributed by atoms with van der Waals surface area (Å²) in [7, 11) is 0. The quantitative estimate of drug-likeness (QED) is 0.628. The van der Waals surface area contributed by atoms with Crippen molar-refractivity contribution in [2.75, 3.05) is 24.3 Å². The molecule has 0 radical (unpaired) electrons. The van der Waals surface area contributed by atoms with Crippen LogP contribution in [0.1, 0.15) is 24.1 Å². The van der Waals surface area contributed by atoms with E-state index in [0.29, 0.717) is 41.3 Å². The lowest BCUT2D eigenvalue weighted by Crippen LogP contribution is -2.23. The zero-order chi connectivity index (χ0) is 19.8. The number of thioether (sulfide) groups is 1. The average Bonchev–Trinajstić information content (AvgIpc) is 3.15. The third-order valence-electron chi connectivity index (χ3n) is 5.00. The van der Waals surface area contributed by atoms with Crippen molar-refractivity contribution in [3.63, 3.8) is 0 Å². The Balaban J connectivity index is 1.32. The Morgan fingerprint density at radius 3 is 2.90 bits per heavy atom. The number of nitrogens with zero attached hydrogens (tertiary/aromatic N) is 3. The van der Waals surface area contributed by atoms with E-state index in [2.05, 4.69) is 20.5 Å².